The zero-order valence-electron chi connectivity index (χ0n) is 17.0. The third kappa shape index (κ3) is 5.50. The average molecular weight is 453 g/mol. The lowest BCUT2D eigenvalue weighted by molar-refractivity contribution is -0.113. The van der Waals surface area contributed by atoms with Crippen LogP contribution in [0.4, 0.5) is 5.13 Å². The summed E-state index contributed by atoms with van der Waals surface area (Å²) in [5, 5.41) is 13.5. The van der Waals surface area contributed by atoms with Gasteiger partial charge in [0.1, 0.15) is 5.75 Å². The molecule has 31 heavy (non-hydrogen) atoms. The number of thiazole rings is 1. The predicted molar refractivity (Wildman–Crippen MR) is 121 cm³/mol. The normalized spacial score (nSPS) is 10.8. The van der Waals surface area contributed by atoms with Gasteiger partial charge in [-0.15, -0.1) is 21.5 Å². The number of carbonyl (C=O) groups is 1. The maximum Gasteiger partial charge on any atom is 0.277 e. The smallest absolute Gasteiger partial charge is 0.277 e. The van der Waals surface area contributed by atoms with E-state index in [0.717, 1.165) is 28.1 Å². The minimum atomic E-state index is -0.189. The fraction of sp³-hybridized carbons (Fsp3) is 0.182. The number of aryl methyl sites for hydroxylation is 2. The molecular weight excluding hydrogens is 432 g/mol. The molecule has 0 spiro atoms. The summed E-state index contributed by atoms with van der Waals surface area (Å²) in [6.45, 7) is 4.15. The van der Waals surface area contributed by atoms with Crippen LogP contribution in [0.2, 0.25) is 0 Å². The van der Waals surface area contributed by atoms with Crippen molar-refractivity contribution in [1.29, 1.82) is 0 Å². The Morgan fingerprint density at radius 2 is 1.87 bits per heavy atom. The van der Waals surface area contributed by atoms with Crippen LogP contribution in [-0.4, -0.2) is 26.8 Å². The molecule has 0 aliphatic heterocycles. The lowest BCUT2D eigenvalue weighted by atomic mass is 10.1. The van der Waals surface area contributed by atoms with Crippen molar-refractivity contribution in [3.05, 3.63) is 70.9 Å². The van der Waals surface area contributed by atoms with Gasteiger partial charge in [0, 0.05) is 10.9 Å². The molecule has 0 aliphatic carbocycles. The van der Waals surface area contributed by atoms with Gasteiger partial charge >= 0.3 is 0 Å². The van der Waals surface area contributed by atoms with Gasteiger partial charge in [-0.1, -0.05) is 60.3 Å². The van der Waals surface area contributed by atoms with Crippen LogP contribution in [-0.2, 0) is 11.4 Å². The molecule has 4 rings (SSSR count). The summed E-state index contributed by atoms with van der Waals surface area (Å²) in [5.74, 6) is 1.12. The van der Waals surface area contributed by atoms with E-state index in [4.69, 9.17) is 9.15 Å². The van der Waals surface area contributed by atoms with Crippen LogP contribution in [0.1, 0.15) is 17.0 Å². The Labute approximate surface area is 187 Å². The highest BCUT2D eigenvalue weighted by atomic mass is 32.2. The largest absolute Gasteiger partial charge is 0.483 e. The Morgan fingerprint density at radius 3 is 2.65 bits per heavy atom. The summed E-state index contributed by atoms with van der Waals surface area (Å²) in [7, 11) is 0. The van der Waals surface area contributed by atoms with E-state index < -0.39 is 0 Å². The third-order valence-corrected chi connectivity index (χ3v) is 5.92. The molecule has 158 valence electrons. The molecule has 2 aromatic carbocycles. The van der Waals surface area contributed by atoms with Gasteiger partial charge in [0.25, 0.3) is 11.1 Å². The molecule has 0 radical (unpaired) electrons. The number of aromatic nitrogens is 3. The van der Waals surface area contributed by atoms with Crippen LogP contribution in [0, 0.1) is 13.8 Å². The Bertz CT molecular complexity index is 1150. The zero-order chi connectivity index (χ0) is 21.6. The lowest BCUT2D eigenvalue weighted by Crippen LogP contribution is -2.13. The summed E-state index contributed by atoms with van der Waals surface area (Å²) < 4.78 is 11.4. The van der Waals surface area contributed by atoms with E-state index in [-0.39, 0.29) is 18.3 Å². The second kappa shape index (κ2) is 9.76. The number of hydrogen-bond acceptors (Lipinski definition) is 8. The fourth-order valence-corrected chi connectivity index (χ4v) is 4.19. The molecule has 0 bridgehead atoms. The van der Waals surface area contributed by atoms with Gasteiger partial charge in [-0.25, -0.2) is 4.98 Å². The second-order valence-electron chi connectivity index (χ2n) is 6.71. The Morgan fingerprint density at radius 1 is 1.10 bits per heavy atom. The number of amides is 1. The van der Waals surface area contributed by atoms with Crippen LogP contribution < -0.4 is 10.1 Å². The van der Waals surface area contributed by atoms with Gasteiger partial charge in [-0.2, -0.15) is 0 Å². The molecule has 9 heteroatoms. The van der Waals surface area contributed by atoms with Crippen molar-refractivity contribution >= 4 is 34.1 Å². The molecule has 0 saturated heterocycles. The summed E-state index contributed by atoms with van der Waals surface area (Å²) in [6, 6.07) is 15.8. The van der Waals surface area contributed by atoms with Gasteiger partial charge < -0.3 is 14.5 Å². The second-order valence-corrected chi connectivity index (χ2v) is 8.50. The molecule has 7 nitrogen and oxygen atoms in total. The number of carbonyl (C=O) groups excluding carboxylic acids is 1. The SMILES string of the molecule is Cc1cccc(C)c1OCc1nnc(SCC(=O)Nc2nc(-c3ccccc3)cs2)o1. The molecule has 0 unspecified atom stereocenters. The minimum Gasteiger partial charge on any atom is -0.483 e. The van der Waals surface area contributed by atoms with Crippen molar-refractivity contribution in [1.82, 2.24) is 15.2 Å². The quantitative estimate of drug-likeness (QED) is 0.371. The molecular formula is C22H20N4O3S2. The van der Waals surface area contributed by atoms with Crippen molar-refractivity contribution in [2.75, 3.05) is 11.1 Å². The first-order valence-corrected chi connectivity index (χ1v) is 11.4. The van der Waals surface area contributed by atoms with Crippen LogP contribution in [0.25, 0.3) is 11.3 Å². The maximum absolute atomic E-state index is 12.2. The van der Waals surface area contributed by atoms with Crippen LogP contribution in [0.3, 0.4) is 0 Å². The van der Waals surface area contributed by atoms with E-state index in [1.165, 1.54) is 23.1 Å². The predicted octanol–water partition coefficient (Wildman–Crippen LogP) is 5.12. The van der Waals surface area contributed by atoms with Crippen LogP contribution >= 0.6 is 23.1 Å². The number of para-hydroxylation sites is 1. The monoisotopic (exact) mass is 452 g/mol. The first-order valence-electron chi connectivity index (χ1n) is 9.53. The van der Waals surface area contributed by atoms with E-state index in [2.05, 4.69) is 20.5 Å². The number of benzene rings is 2. The molecule has 0 saturated carbocycles. The first-order chi connectivity index (χ1) is 15.1. The number of nitrogens with one attached hydrogen (secondary N) is 1. The molecule has 1 N–H and O–H groups in total. The van der Waals surface area contributed by atoms with Gasteiger partial charge in [0.2, 0.25) is 5.91 Å². The standard InChI is InChI=1S/C22H20N4O3S2/c1-14-7-6-8-15(2)20(14)28-11-19-25-26-22(29-19)31-13-18(27)24-21-23-17(12-30-21)16-9-4-3-5-10-16/h3-10,12H,11,13H2,1-2H3,(H,23,24,27). The van der Waals surface area contributed by atoms with E-state index >= 15 is 0 Å². The molecule has 4 aromatic rings. The van der Waals surface area contributed by atoms with Crippen molar-refractivity contribution in [2.24, 2.45) is 0 Å². The first kappa shape index (κ1) is 21.1. The minimum absolute atomic E-state index is 0.139. The highest BCUT2D eigenvalue weighted by Crippen LogP contribution is 2.26. The van der Waals surface area contributed by atoms with Gasteiger partial charge in [-0.3, -0.25) is 4.79 Å². The number of thioether (sulfide) groups is 1. The van der Waals surface area contributed by atoms with E-state index in [0.29, 0.717) is 16.2 Å². The van der Waals surface area contributed by atoms with Crippen LogP contribution in [0.15, 0.2) is 63.6 Å². The summed E-state index contributed by atoms with van der Waals surface area (Å²) >= 11 is 2.55. The number of nitrogens with zero attached hydrogens (tertiary/aromatic N) is 3. The third-order valence-electron chi connectivity index (χ3n) is 4.34. The molecule has 2 heterocycles. The van der Waals surface area contributed by atoms with Crippen LogP contribution in [0.5, 0.6) is 5.75 Å². The molecule has 0 aliphatic rings. The zero-order valence-corrected chi connectivity index (χ0v) is 18.6. The molecule has 0 atom stereocenters. The van der Waals surface area contributed by atoms with Gasteiger partial charge in [0.05, 0.1) is 11.4 Å². The fourth-order valence-electron chi connectivity index (χ4n) is 2.87. The van der Waals surface area contributed by atoms with Gasteiger partial charge in [0.15, 0.2) is 11.7 Å². The molecule has 0 fully saturated rings. The van der Waals surface area contributed by atoms with Crippen molar-refractivity contribution in [2.45, 2.75) is 25.7 Å². The van der Waals surface area contributed by atoms with E-state index in [9.17, 15) is 4.79 Å². The Kier molecular flexibility index (Phi) is 6.63. The average Bonchev–Trinajstić information content (AvgIpc) is 3.42. The summed E-state index contributed by atoms with van der Waals surface area (Å²) in [4.78, 5) is 16.7. The number of hydrogen-bond donors (Lipinski definition) is 1. The number of ether oxygens (including phenoxy) is 1. The summed E-state index contributed by atoms with van der Waals surface area (Å²) in [5.41, 5.74) is 3.93. The molecule has 1 amide bonds. The van der Waals surface area contributed by atoms with E-state index in [1.54, 1.807) is 0 Å². The summed E-state index contributed by atoms with van der Waals surface area (Å²) in [6.07, 6.45) is 0. The topological polar surface area (TPSA) is 90.1 Å². The maximum atomic E-state index is 12.2. The number of rotatable bonds is 8. The lowest BCUT2D eigenvalue weighted by Gasteiger charge is -2.09. The van der Waals surface area contributed by atoms with E-state index in [1.807, 2.05) is 67.8 Å². The van der Waals surface area contributed by atoms with Crippen molar-refractivity contribution in [3.8, 4) is 17.0 Å². The van der Waals surface area contributed by atoms with Gasteiger partial charge in [-0.05, 0) is 25.0 Å². The molecule has 2 aromatic heterocycles. The number of anilines is 1. The van der Waals surface area contributed by atoms with Crippen molar-refractivity contribution < 1.29 is 13.9 Å². The highest BCUT2D eigenvalue weighted by Gasteiger charge is 2.13. The highest BCUT2D eigenvalue weighted by molar-refractivity contribution is 7.99. The Hall–Kier alpha value is -3.17. The Balaban J connectivity index is 1.27. The van der Waals surface area contributed by atoms with Crippen molar-refractivity contribution in [3.63, 3.8) is 0 Å².